The van der Waals surface area contributed by atoms with Crippen molar-refractivity contribution in [3.63, 3.8) is 0 Å². The van der Waals surface area contributed by atoms with Crippen molar-refractivity contribution in [2.75, 3.05) is 24.6 Å². The fourth-order valence-electron chi connectivity index (χ4n) is 5.83. The lowest BCUT2D eigenvalue weighted by Crippen LogP contribution is -2.59. The van der Waals surface area contributed by atoms with E-state index >= 15 is 0 Å². The second kappa shape index (κ2) is 10.1. The number of H-pyrrole nitrogens is 2. The molecule has 2 saturated heterocycles. The Hall–Kier alpha value is -3.94. The third kappa shape index (κ3) is 4.91. The Morgan fingerprint density at radius 1 is 1.10 bits per heavy atom. The minimum Gasteiger partial charge on any atom is -0.394 e. The summed E-state index contributed by atoms with van der Waals surface area (Å²) < 4.78 is 15.6. The summed E-state index contributed by atoms with van der Waals surface area (Å²) in [6.07, 6.45) is 1.06. The van der Waals surface area contributed by atoms with E-state index < -0.39 is 47.0 Å². The number of anilines is 2. The average Bonchev–Trinajstić information content (AvgIpc) is 3.67. The summed E-state index contributed by atoms with van der Waals surface area (Å²) >= 11 is 0. The molecule has 4 aromatic heterocycles. The van der Waals surface area contributed by atoms with Crippen LogP contribution in [-0.2, 0) is 15.2 Å². The Balaban J connectivity index is 1.13. The molecule has 18 heteroatoms. The lowest BCUT2D eigenvalue weighted by molar-refractivity contribution is -0.0978. The maximum atomic E-state index is 12.3. The molecule has 226 valence electrons. The SMILES string of the molecule is CC(C)(NC[C@H]1O[C@@H](n2cnc3c(=O)[nH]c(N)nc32)C[C@@H]1O)N[C@H]1C[C@](C)(n2cnc3c(=O)[nH]c(N)nc32)O[C@@H]1CO. The molecule has 10 N–H and O–H groups in total. The summed E-state index contributed by atoms with van der Waals surface area (Å²) in [6.45, 7) is 5.71. The Bertz CT molecular complexity index is 1750. The first-order valence-corrected chi connectivity index (χ1v) is 13.5. The molecule has 2 aliphatic heterocycles. The Kier molecular flexibility index (Phi) is 6.78. The number of aromatic amines is 2. The van der Waals surface area contributed by atoms with Crippen molar-refractivity contribution >= 4 is 34.2 Å². The Morgan fingerprint density at radius 3 is 2.43 bits per heavy atom. The number of aromatic nitrogens is 8. The largest absolute Gasteiger partial charge is 0.394 e. The van der Waals surface area contributed by atoms with Gasteiger partial charge in [-0.2, -0.15) is 9.97 Å². The molecule has 0 radical (unpaired) electrons. The number of aliphatic hydroxyl groups is 2. The molecule has 0 saturated carbocycles. The molecule has 0 bridgehead atoms. The van der Waals surface area contributed by atoms with Crippen molar-refractivity contribution < 1.29 is 19.7 Å². The van der Waals surface area contributed by atoms with Gasteiger partial charge in [-0.1, -0.05) is 0 Å². The average molecular weight is 587 g/mol. The normalized spacial score (nSPS) is 28.4. The molecule has 2 fully saturated rings. The lowest BCUT2D eigenvalue weighted by Gasteiger charge is -2.34. The number of fused-ring (bicyclic) bond motifs is 2. The number of nitrogen functional groups attached to an aromatic ring is 2. The highest BCUT2D eigenvalue weighted by atomic mass is 16.5. The van der Waals surface area contributed by atoms with Gasteiger partial charge in [0.15, 0.2) is 22.3 Å². The highest BCUT2D eigenvalue weighted by molar-refractivity contribution is 5.71. The van der Waals surface area contributed by atoms with Gasteiger partial charge in [-0.3, -0.25) is 39.3 Å². The van der Waals surface area contributed by atoms with Gasteiger partial charge < -0.3 is 31.2 Å². The van der Waals surface area contributed by atoms with Crippen molar-refractivity contribution in [2.45, 2.75) is 75.6 Å². The molecule has 18 nitrogen and oxygen atoms in total. The van der Waals surface area contributed by atoms with Crippen molar-refractivity contribution in [1.29, 1.82) is 0 Å². The molecule has 6 heterocycles. The van der Waals surface area contributed by atoms with Gasteiger partial charge in [-0.15, -0.1) is 0 Å². The second-order valence-corrected chi connectivity index (χ2v) is 11.4. The van der Waals surface area contributed by atoms with Crippen molar-refractivity contribution in [3.8, 4) is 0 Å². The van der Waals surface area contributed by atoms with Gasteiger partial charge >= 0.3 is 0 Å². The van der Waals surface area contributed by atoms with E-state index in [1.807, 2.05) is 20.8 Å². The van der Waals surface area contributed by atoms with Crippen LogP contribution in [0, 0.1) is 0 Å². The monoisotopic (exact) mass is 586 g/mol. The lowest BCUT2D eigenvalue weighted by atomic mass is 10.0. The van der Waals surface area contributed by atoms with E-state index in [9.17, 15) is 19.8 Å². The van der Waals surface area contributed by atoms with E-state index in [-0.39, 0.29) is 59.8 Å². The molecule has 6 atom stereocenters. The van der Waals surface area contributed by atoms with Crippen LogP contribution in [0.4, 0.5) is 11.9 Å². The number of ether oxygens (including phenoxy) is 2. The summed E-state index contributed by atoms with van der Waals surface area (Å²) in [5, 5.41) is 27.8. The van der Waals surface area contributed by atoms with E-state index in [1.165, 1.54) is 12.7 Å². The van der Waals surface area contributed by atoms with Gasteiger partial charge in [-0.05, 0) is 20.8 Å². The van der Waals surface area contributed by atoms with Gasteiger partial charge in [0.25, 0.3) is 11.1 Å². The first-order valence-electron chi connectivity index (χ1n) is 13.5. The van der Waals surface area contributed by atoms with E-state index in [2.05, 4.69) is 40.5 Å². The van der Waals surface area contributed by atoms with E-state index in [1.54, 1.807) is 9.13 Å². The maximum absolute atomic E-state index is 12.3. The predicted octanol–water partition coefficient (Wildman–Crippen LogP) is -2.20. The summed E-state index contributed by atoms with van der Waals surface area (Å²) in [5.41, 5.74) is 9.72. The highest BCUT2D eigenvalue weighted by Crippen LogP contribution is 2.37. The summed E-state index contributed by atoms with van der Waals surface area (Å²) in [6, 6.07) is -0.312. The molecule has 0 unspecified atom stereocenters. The topological polar surface area (TPSA) is 262 Å². The van der Waals surface area contributed by atoms with Crippen LogP contribution >= 0.6 is 0 Å². The maximum Gasteiger partial charge on any atom is 0.280 e. The fourth-order valence-corrected chi connectivity index (χ4v) is 5.83. The summed E-state index contributed by atoms with van der Waals surface area (Å²) in [4.78, 5) is 46.0. The highest BCUT2D eigenvalue weighted by Gasteiger charge is 2.47. The van der Waals surface area contributed by atoms with Crippen LogP contribution in [0.5, 0.6) is 0 Å². The van der Waals surface area contributed by atoms with Crippen LogP contribution < -0.4 is 33.2 Å². The zero-order valence-electron chi connectivity index (χ0n) is 23.2. The van der Waals surface area contributed by atoms with Gasteiger partial charge in [0.05, 0.1) is 43.2 Å². The van der Waals surface area contributed by atoms with Crippen molar-refractivity contribution in [1.82, 2.24) is 49.7 Å². The van der Waals surface area contributed by atoms with Gasteiger partial charge in [0.1, 0.15) is 12.0 Å². The number of hydrogen-bond acceptors (Lipinski definition) is 14. The van der Waals surface area contributed by atoms with E-state index in [0.29, 0.717) is 6.42 Å². The first-order chi connectivity index (χ1) is 19.9. The first kappa shape index (κ1) is 28.2. The number of nitrogens with two attached hydrogens (primary N) is 2. The summed E-state index contributed by atoms with van der Waals surface area (Å²) in [7, 11) is 0. The smallest absolute Gasteiger partial charge is 0.280 e. The molecule has 0 amide bonds. The third-order valence-electron chi connectivity index (χ3n) is 7.82. The number of nitrogens with one attached hydrogen (secondary N) is 4. The number of imidazole rings is 2. The van der Waals surface area contributed by atoms with Crippen LogP contribution in [0.3, 0.4) is 0 Å². The number of aliphatic hydroxyl groups excluding tert-OH is 2. The van der Waals surface area contributed by atoms with Crippen molar-refractivity contribution in [3.05, 3.63) is 33.4 Å². The molecule has 6 rings (SSSR count). The molecule has 0 spiro atoms. The molecular formula is C24H34N12O6. The van der Waals surface area contributed by atoms with Crippen molar-refractivity contribution in [2.24, 2.45) is 0 Å². The van der Waals surface area contributed by atoms with Crippen LogP contribution in [0.2, 0.25) is 0 Å². The van der Waals surface area contributed by atoms with Crippen LogP contribution in [0.25, 0.3) is 22.3 Å². The predicted molar refractivity (Wildman–Crippen MR) is 149 cm³/mol. The van der Waals surface area contributed by atoms with Crippen LogP contribution in [0.15, 0.2) is 22.2 Å². The van der Waals surface area contributed by atoms with Gasteiger partial charge in [0, 0.05) is 25.4 Å². The zero-order chi connectivity index (χ0) is 30.0. The van der Waals surface area contributed by atoms with Crippen LogP contribution in [-0.4, -0.2) is 92.4 Å². The third-order valence-corrected chi connectivity index (χ3v) is 7.82. The molecule has 0 aromatic carbocycles. The van der Waals surface area contributed by atoms with Gasteiger partial charge in [0.2, 0.25) is 11.9 Å². The molecular weight excluding hydrogens is 552 g/mol. The van der Waals surface area contributed by atoms with Crippen LogP contribution in [0.1, 0.15) is 39.8 Å². The number of nitrogens with zero attached hydrogens (tertiary/aromatic N) is 6. The quantitative estimate of drug-likeness (QED) is 0.102. The Morgan fingerprint density at radius 2 is 1.74 bits per heavy atom. The van der Waals surface area contributed by atoms with Gasteiger partial charge in [-0.25, -0.2) is 9.97 Å². The number of hydrogen-bond donors (Lipinski definition) is 8. The fraction of sp³-hybridized carbons (Fsp3) is 0.583. The number of rotatable bonds is 8. The van der Waals surface area contributed by atoms with E-state index in [0.717, 1.165) is 0 Å². The zero-order valence-corrected chi connectivity index (χ0v) is 23.2. The molecule has 0 aliphatic carbocycles. The summed E-state index contributed by atoms with van der Waals surface area (Å²) in [5.74, 6) is -0.0781. The standard InChI is InChI=1S/C24H34N12O6/c1-23(2,29-6-12-11(38)4-14(41-12)35-8-27-15-17(35)30-21(25)32-19(15)39)34-10-5-24(3,42-13(10)7-37)36-9-28-16-18(36)31-22(26)33-20(16)40/h8-14,29,34,37-38H,4-7H2,1-3H3,(H3,25,30,32,39)(H3,26,31,33,40)/t10-,11-,12+,13+,14+,24+/m0/s1. The minimum atomic E-state index is -0.978. The minimum absolute atomic E-state index is 0.0385. The second-order valence-electron chi connectivity index (χ2n) is 11.4. The molecule has 4 aromatic rings. The molecule has 42 heavy (non-hydrogen) atoms. The van der Waals surface area contributed by atoms with E-state index in [4.69, 9.17) is 20.9 Å². The molecule has 2 aliphatic rings. The Labute approximate surface area is 237 Å².